The minimum atomic E-state index is -0.711. The van der Waals surface area contributed by atoms with E-state index in [-0.39, 0.29) is 18.2 Å². The SMILES string of the molecule is N#Cc1c(-c2ccc(Cl)cc2)cc(C2CC2)nc1S[C@@H]1CC(=O)N(c2cc(Cl)cc(Cl)c2)C1=O. The molecule has 9 heteroatoms. The molecule has 1 atom stereocenters. The Kier molecular flexibility index (Phi) is 6.30. The molecule has 1 saturated carbocycles. The van der Waals surface area contributed by atoms with Crippen molar-refractivity contribution in [1.82, 2.24) is 4.98 Å². The summed E-state index contributed by atoms with van der Waals surface area (Å²) in [5, 5.41) is 11.0. The van der Waals surface area contributed by atoms with Gasteiger partial charge in [-0.1, -0.05) is 58.7 Å². The van der Waals surface area contributed by atoms with Gasteiger partial charge in [0.2, 0.25) is 11.8 Å². The Hall–Kier alpha value is -2.56. The number of thioether (sulfide) groups is 1. The van der Waals surface area contributed by atoms with Crippen molar-refractivity contribution < 1.29 is 9.59 Å². The number of rotatable bonds is 5. The number of halogens is 3. The topological polar surface area (TPSA) is 74.1 Å². The van der Waals surface area contributed by atoms with Crippen molar-refractivity contribution >= 4 is 64.1 Å². The second kappa shape index (κ2) is 9.24. The molecule has 0 N–H and O–H groups in total. The second-order valence-electron chi connectivity index (χ2n) is 8.17. The fraction of sp³-hybridized carbons (Fsp3) is 0.200. The highest BCUT2D eigenvalue weighted by Gasteiger charge is 2.41. The molecular weight excluding hydrogens is 513 g/mol. The number of carbonyl (C=O) groups excluding carboxylic acids is 2. The molecular formula is C25H16Cl3N3O2S. The van der Waals surface area contributed by atoms with Crippen LogP contribution in [0.3, 0.4) is 0 Å². The van der Waals surface area contributed by atoms with Gasteiger partial charge in [-0.3, -0.25) is 9.59 Å². The molecule has 2 heterocycles. The molecule has 34 heavy (non-hydrogen) atoms. The number of carbonyl (C=O) groups is 2. The van der Waals surface area contributed by atoms with Crippen molar-refractivity contribution in [3.8, 4) is 17.2 Å². The van der Waals surface area contributed by atoms with Crippen LogP contribution in [-0.2, 0) is 9.59 Å². The highest BCUT2D eigenvalue weighted by Crippen LogP contribution is 2.44. The molecule has 5 nitrogen and oxygen atoms in total. The molecule has 1 aromatic heterocycles. The third-order valence-electron chi connectivity index (χ3n) is 5.73. The number of imide groups is 1. The number of aromatic nitrogens is 1. The summed E-state index contributed by atoms with van der Waals surface area (Å²) < 4.78 is 0. The van der Waals surface area contributed by atoms with E-state index in [4.69, 9.17) is 39.8 Å². The highest BCUT2D eigenvalue weighted by molar-refractivity contribution is 8.00. The lowest BCUT2D eigenvalue weighted by molar-refractivity contribution is -0.121. The van der Waals surface area contributed by atoms with Gasteiger partial charge in [-0.15, -0.1) is 0 Å². The molecule has 1 saturated heterocycles. The van der Waals surface area contributed by atoms with E-state index < -0.39 is 5.25 Å². The molecule has 1 aliphatic carbocycles. The number of nitriles is 1. The van der Waals surface area contributed by atoms with Gasteiger partial charge >= 0.3 is 0 Å². The van der Waals surface area contributed by atoms with Crippen molar-refractivity contribution in [1.29, 1.82) is 5.26 Å². The summed E-state index contributed by atoms with van der Waals surface area (Å²) in [6, 6.07) is 16.1. The maximum atomic E-state index is 13.2. The number of benzene rings is 2. The number of hydrogen-bond donors (Lipinski definition) is 0. The molecule has 2 fully saturated rings. The minimum absolute atomic E-state index is 0.00981. The van der Waals surface area contributed by atoms with Gasteiger partial charge in [0.15, 0.2) is 0 Å². The Balaban J connectivity index is 1.52. The van der Waals surface area contributed by atoms with Gasteiger partial charge in [0.1, 0.15) is 11.1 Å². The van der Waals surface area contributed by atoms with Crippen LogP contribution in [0.2, 0.25) is 15.1 Å². The van der Waals surface area contributed by atoms with Crippen LogP contribution in [-0.4, -0.2) is 22.0 Å². The Bertz CT molecular complexity index is 1350. The summed E-state index contributed by atoms with van der Waals surface area (Å²) in [4.78, 5) is 31.9. The van der Waals surface area contributed by atoms with Crippen LogP contribution >= 0.6 is 46.6 Å². The average Bonchev–Trinajstić information content (AvgIpc) is 3.59. The van der Waals surface area contributed by atoms with Gasteiger partial charge in [0.05, 0.1) is 16.5 Å². The summed E-state index contributed by atoms with van der Waals surface area (Å²) in [5.41, 5.74) is 3.19. The lowest BCUT2D eigenvalue weighted by Crippen LogP contribution is -2.31. The molecule has 0 spiro atoms. The van der Waals surface area contributed by atoms with Crippen LogP contribution in [0, 0.1) is 11.3 Å². The first-order valence-corrected chi connectivity index (χ1v) is 12.6. The van der Waals surface area contributed by atoms with Crippen molar-refractivity contribution in [2.45, 2.75) is 35.5 Å². The number of hydrogen-bond acceptors (Lipinski definition) is 5. The number of nitrogens with zero attached hydrogens (tertiary/aromatic N) is 3. The second-order valence-corrected chi connectivity index (χ2v) is 10.7. The molecule has 2 amide bonds. The van der Waals surface area contributed by atoms with Crippen LogP contribution in [0.5, 0.6) is 0 Å². The number of amides is 2. The lowest BCUT2D eigenvalue weighted by Gasteiger charge is -2.16. The van der Waals surface area contributed by atoms with E-state index in [1.807, 2.05) is 18.2 Å². The Morgan fingerprint density at radius 1 is 0.971 bits per heavy atom. The van der Waals surface area contributed by atoms with Crippen LogP contribution in [0.15, 0.2) is 53.6 Å². The summed E-state index contributed by atoms with van der Waals surface area (Å²) in [6.07, 6.45) is 2.06. The normalized spacial score (nSPS) is 17.8. The zero-order valence-corrected chi connectivity index (χ0v) is 20.7. The average molecular weight is 529 g/mol. The Labute approximate surface area is 215 Å². The summed E-state index contributed by atoms with van der Waals surface area (Å²) >= 11 is 19.4. The van der Waals surface area contributed by atoms with Crippen LogP contribution in [0.4, 0.5) is 5.69 Å². The fourth-order valence-corrected chi connectivity index (χ4v) is 5.72. The quantitative estimate of drug-likeness (QED) is 0.337. The number of anilines is 1. The molecule has 3 aromatic rings. The Morgan fingerprint density at radius 3 is 2.26 bits per heavy atom. The van der Waals surface area contributed by atoms with E-state index in [1.165, 1.54) is 18.2 Å². The van der Waals surface area contributed by atoms with E-state index in [2.05, 4.69) is 6.07 Å². The molecule has 1 aliphatic heterocycles. The van der Waals surface area contributed by atoms with Crippen LogP contribution in [0.25, 0.3) is 11.1 Å². The summed E-state index contributed by atoms with van der Waals surface area (Å²) in [7, 11) is 0. The van der Waals surface area contributed by atoms with Crippen LogP contribution < -0.4 is 4.90 Å². The lowest BCUT2D eigenvalue weighted by atomic mass is 10.0. The van der Waals surface area contributed by atoms with Crippen molar-refractivity contribution in [3.05, 3.63) is 74.9 Å². The molecule has 170 valence electrons. The van der Waals surface area contributed by atoms with Crippen molar-refractivity contribution in [3.63, 3.8) is 0 Å². The predicted molar refractivity (Wildman–Crippen MR) is 135 cm³/mol. The maximum absolute atomic E-state index is 13.2. The molecule has 2 aromatic carbocycles. The van der Waals surface area contributed by atoms with Gasteiger partial charge < -0.3 is 0 Å². The van der Waals surface area contributed by atoms with Gasteiger partial charge in [0, 0.05) is 38.7 Å². The molecule has 5 rings (SSSR count). The third kappa shape index (κ3) is 4.54. The monoisotopic (exact) mass is 527 g/mol. The minimum Gasteiger partial charge on any atom is -0.274 e. The smallest absolute Gasteiger partial charge is 0.247 e. The van der Waals surface area contributed by atoms with Crippen molar-refractivity contribution in [2.24, 2.45) is 0 Å². The number of pyridine rings is 1. The molecule has 0 bridgehead atoms. The maximum Gasteiger partial charge on any atom is 0.247 e. The standard InChI is InChI=1S/C25H16Cl3N3O2S/c26-15-5-3-13(4-6-15)19-10-21(14-1-2-14)30-24(20(19)12-29)34-22-11-23(32)31(25(22)33)18-8-16(27)7-17(28)9-18/h3-10,14,22H,1-2,11H2/t22-/m1/s1. The third-order valence-corrected chi connectivity index (χ3v) is 7.59. The molecule has 2 aliphatic rings. The summed E-state index contributed by atoms with van der Waals surface area (Å²) in [5.74, 6) is -0.399. The van der Waals surface area contributed by atoms with E-state index >= 15 is 0 Å². The van der Waals surface area contributed by atoms with E-state index in [0.29, 0.717) is 37.3 Å². The van der Waals surface area contributed by atoms with Gasteiger partial charge in [-0.2, -0.15) is 5.26 Å². The molecule has 0 unspecified atom stereocenters. The van der Waals surface area contributed by atoms with Gasteiger partial charge in [-0.25, -0.2) is 9.88 Å². The highest BCUT2D eigenvalue weighted by atomic mass is 35.5. The van der Waals surface area contributed by atoms with Crippen molar-refractivity contribution in [2.75, 3.05) is 4.90 Å². The first kappa shape index (κ1) is 23.2. The predicted octanol–water partition coefficient (Wildman–Crippen LogP) is 6.88. The Morgan fingerprint density at radius 2 is 1.65 bits per heavy atom. The molecule has 0 radical (unpaired) electrons. The van der Waals surface area contributed by atoms with E-state index in [0.717, 1.165) is 46.3 Å². The summed E-state index contributed by atoms with van der Waals surface area (Å²) in [6.45, 7) is 0. The van der Waals surface area contributed by atoms with E-state index in [1.54, 1.807) is 12.1 Å². The van der Waals surface area contributed by atoms with Gasteiger partial charge in [-0.05, 0) is 54.8 Å². The zero-order valence-electron chi connectivity index (χ0n) is 17.6. The first-order valence-electron chi connectivity index (χ1n) is 10.5. The van der Waals surface area contributed by atoms with E-state index in [9.17, 15) is 14.9 Å². The first-order chi connectivity index (χ1) is 16.3. The van der Waals surface area contributed by atoms with Gasteiger partial charge in [0.25, 0.3) is 0 Å². The fourth-order valence-electron chi connectivity index (χ4n) is 3.95. The van der Waals surface area contributed by atoms with Crippen LogP contribution in [0.1, 0.15) is 36.4 Å². The largest absolute Gasteiger partial charge is 0.274 e. The zero-order chi connectivity index (χ0) is 24.0.